The van der Waals surface area contributed by atoms with Crippen molar-refractivity contribution in [2.75, 3.05) is 13.7 Å². The summed E-state index contributed by atoms with van der Waals surface area (Å²) in [5.41, 5.74) is 1.95. The smallest absolute Gasteiger partial charge is 0.379 e. The molecule has 0 aliphatic carbocycles. The van der Waals surface area contributed by atoms with Gasteiger partial charge in [-0.3, -0.25) is 4.84 Å². The summed E-state index contributed by atoms with van der Waals surface area (Å²) in [6, 6.07) is -0.206. The maximum atomic E-state index is 11.7. The molecular formula is C9H18F3NO2. The van der Waals surface area contributed by atoms with Gasteiger partial charge in [-0.2, -0.15) is 18.7 Å². The number of nitrogens with one attached hydrogen (secondary N) is 1. The Morgan fingerprint density at radius 3 is 2.20 bits per heavy atom. The fourth-order valence-electron chi connectivity index (χ4n) is 1.13. The summed E-state index contributed by atoms with van der Waals surface area (Å²) in [5.74, 6) is 0. The van der Waals surface area contributed by atoms with Gasteiger partial charge in [0.25, 0.3) is 0 Å². The van der Waals surface area contributed by atoms with Crippen LogP contribution in [0.25, 0.3) is 0 Å². The Morgan fingerprint density at radius 1 is 1.27 bits per heavy atom. The Morgan fingerprint density at radius 2 is 1.80 bits per heavy atom. The van der Waals surface area contributed by atoms with Crippen LogP contribution in [0, 0.1) is 0 Å². The van der Waals surface area contributed by atoms with E-state index in [0.29, 0.717) is 6.42 Å². The van der Waals surface area contributed by atoms with Gasteiger partial charge in [0.2, 0.25) is 0 Å². The van der Waals surface area contributed by atoms with Crippen molar-refractivity contribution in [3.63, 3.8) is 0 Å². The van der Waals surface area contributed by atoms with Crippen molar-refractivity contribution in [1.29, 1.82) is 0 Å². The number of hydrogen-bond acceptors (Lipinski definition) is 3. The molecule has 0 aromatic rings. The highest BCUT2D eigenvalue weighted by Gasteiger charge is 2.28. The average Bonchev–Trinajstić information content (AvgIpc) is 2.00. The van der Waals surface area contributed by atoms with Gasteiger partial charge in [-0.1, -0.05) is 0 Å². The third kappa shape index (κ3) is 8.65. The van der Waals surface area contributed by atoms with Crippen LogP contribution in [0.15, 0.2) is 0 Å². The van der Waals surface area contributed by atoms with Crippen LogP contribution in [0.1, 0.15) is 27.2 Å². The molecule has 1 atom stereocenters. The third-order valence-electron chi connectivity index (χ3n) is 1.87. The maximum Gasteiger partial charge on any atom is 0.413 e. The van der Waals surface area contributed by atoms with Gasteiger partial charge < -0.3 is 4.74 Å². The zero-order valence-corrected chi connectivity index (χ0v) is 9.44. The van der Waals surface area contributed by atoms with Gasteiger partial charge in [-0.15, -0.1) is 0 Å². The second kappa shape index (κ2) is 5.67. The summed E-state index contributed by atoms with van der Waals surface area (Å²) >= 11 is 0. The first kappa shape index (κ1) is 14.7. The minimum absolute atomic E-state index is 0.206. The summed E-state index contributed by atoms with van der Waals surface area (Å²) in [7, 11) is 1.56. The molecule has 0 radical (unpaired) electrons. The molecule has 0 saturated heterocycles. The predicted octanol–water partition coefficient (Wildman–Crippen LogP) is 2.27. The van der Waals surface area contributed by atoms with Crippen molar-refractivity contribution in [2.45, 2.75) is 45.0 Å². The highest BCUT2D eigenvalue weighted by atomic mass is 19.4. The Balaban J connectivity index is 3.71. The van der Waals surface area contributed by atoms with Gasteiger partial charge >= 0.3 is 6.18 Å². The molecule has 0 aliphatic rings. The SMILES string of the molecule is COC(C)(C)CC(C)NOCC(F)(F)F. The first-order valence-electron chi connectivity index (χ1n) is 4.65. The van der Waals surface area contributed by atoms with E-state index in [2.05, 4.69) is 10.3 Å². The van der Waals surface area contributed by atoms with E-state index >= 15 is 0 Å². The van der Waals surface area contributed by atoms with E-state index in [-0.39, 0.29) is 11.6 Å². The van der Waals surface area contributed by atoms with Crippen LogP contribution in [0.4, 0.5) is 13.2 Å². The minimum Gasteiger partial charge on any atom is -0.379 e. The molecule has 0 spiro atoms. The van der Waals surface area contributed by atoms with E-state index in [4.69, 9.17) is 4.74 Å². The fourth-order valence-corrected chi connectivity index (χ4v) is 1.13. The summed E-state index contributed by atoms with van der Waals surface area (Å²) in [6.07, 6.45) is -3.75. The Kier molecular flexibility index (Phi) is 5.55. The van der Waals surface area contributed by atoms with Crippen molar-refractivity contribution in [3.8, 4) is 0 Å². The molecule has 0 bridgehead atoms. The first-order valence-corrected chi connectivity index (χ1v) is 4.65. The first-order chi connectivity index (χ1) is 6.66. The zero-order valence-electron chi connectivity index (χ0n) is 9.44. The van der Waals surface area contributed by atoms with Crippen LogP contribution in [0.5, 0.6) is 0 Å². The molecule has 15 heavy (non-hydrogen) atoms. The number of rotatable bonds is 6. The molecule has 0 aromatic heterocycles. The molecule has 3 nitrogen and oxygen atoms in total. The van der Waals surface area contributed by atoms with Crippen molar-refractivity contribution >= 4 is 0 Å². The van der Waals surface area contributed by atoms with Crippen LogP contribution in [-0.4, -0.2) is 31.5 Å². The third-order valence-corrected chi connectivity index (χ3v) is 1.87. The lowest BCUT2D eigenvalue weighted by Crippen LogP contribution is -2.37. The van der Waals surface area contributed by atoms with Gasteiger partial charge in [0, 0.05) is 13.2 Å². The van der Waals surface area contributed by atoms with Gasteiger partial charge in [-0.05, 0) is 27.2 Å². The van der Waals surface area contributed by atoms with Crippen molar-refractivity contribution < 1.29 is 22.7 Å². The molecule has 92 valence electrons. The molecular weight excluding hydrogens is 211 g/mol. The Hall–Kier alpha value is -0.330. The lowest BCUT2D eigenvalue weighted by atomic mass is 10.0. The topological polar surface area (TPSA) is 30.5 Å². The number of ether oxygens (including phenoxy) is 1. The van der Waals surface area contributed by atoms with E-state index in [1.54, 1.807) is 14.0 Å². The van der Waals surface area contributed by atoms with E-state index in [1.807, 2.05) is 13.8 Å². The van der Waals surface area contributed by atoms with Crippen LogP contribution < -0.4 is 5.48 Å². The Bertz CT molecular complexity index is 183. The molecule has 1 N–H and O–H groups in total. The summed E-state index contributed by atoms with van der Waals surface area (Å²) in [4.78, 5) is 4.32. The van der Waals surface area contributed by atoms with Crippen molar-refractivity contribution in [1.82, 2.24) is 5.48 Å². The number of halogens is 3. The molecule has 0 fully saturated rings. The lowest BCUT2D eigenvalue weighted by molar-refractivity contribution is -0.193. The maximum absolute atomic E-state index is 11.7. The van der Waals surface area contributed by atoms with Gasteiger partial charge in [0.05, 0.1) is 5.60 Å². The summed E-state index contributed by atoms with van der Waals surface area (Å²) < 4.78 is 40.3. The molecule has 0 rings (SSSR count). The summed E-state index contributed by atoms with van der Waals surface area (Å²) in [5, 5.41) is 0. The van der Waals surface area contributed by atoms with E-state index < -0.39 is 12.8 Å². The average molecular weight is 229 g/mol. The number of methoxy groups -OCH3 is 1. The number of hydrogen-bond donors (Lipinski definition) is 1. The van der Waals surface area contributed by atoms with E-state index in [1.165, 1.54) is 0 Å². The highest BCUT2D eigenvalue weighted by Crippen LogP contribution is 2.16. The van der Waals surface area contributed by atoms with Crippen LogP contribution in [0.3, 0.4) is 0 Å². The molecule has 6 heteroatoms. The normalized spacial score (nSPS) is 15.4. The quantitative estimate of drug-likeness (QED) is 0.709. The molecule has 0 saturated carbocycles. The monoisotopic (exact) mass is 229 g/mol. The molecule has 0 aromatic carbocycles. The van der Waals surface area contributed by atoms with E-state index in [0.717, 1.165) is 0 Å². The molecule has 1 unspecified atom stereocenters. The number of hydroxylamine groups is 1. The van der Waals surface area contributed by atoms with E-state index in [9.17, 15) is 13.2 Å². The molecule has 0 amide bonds. The minimum atomic E-state index is -4.30. The lowest BCUT2D eigenvalue weighted by Gasteiger charge is -2.26. The van der Waals surface area contributed by atoms with Crippen LogP contribution >= 0.6 is 0 Å². The molecule has 0 aliphatic heterocycles. The van der Waals surface area contributed by atoms with Crippen LogP contribution in [0.2, 0.25) is 0 Å². The van der Waals surface area contributed by atoms with Crippen LogP contribution in [-0.2, 0) is 9.57 Å². The molecule has 0 heterocycles. The van der Waals surface area contributed by atoms with Gasteiger partial charge in [0.1, 0.15) is 0 Å². The largest absolute Gasteiger partial charge is 0.413 e. The fraction of sp³-hybridized carbons (Fsp3) is 1.00. The standard InChI is InChI=1S/C9H18F3NO2/c1-7(5-8(2,3)14-4)13-15-6-9(10,11)12/h7,13H,5-6H2,1-4H3. The zero-order chi connectivity index (χ0) is 12.1. The Labute approximate surface area is 87.9 Å². The van der Waals surface area contributed by atoms with Gasteiger partial charge in [0.15, 0.2) is 6.61 Å². The second-order valence-electron chi connectivity index (χ2n) is 4.09. The van der Waals surface area contributed by atoms with Gasteiger partial charge in [-0.25, -0.2) is 0 Å². The summed E-state index contributed by atoms with van der Waals surface area (Å²) in [6.45, 7) is 4.16. The predicted molar refractivity (Wildman–Crippen MR) is 50.3 cm³/mol. The van der Waals surface area contributed by atoms with Crippen molar-refractivity contribution in [2.24, 2.45) is 0 Å². The van der Waals surface area contributed by atoms with Crippen molar-refractivity contribution in [3.05, 3.63) is 0 Å². The highest BCUT2D eigenvalue weighted by molar-refractivity contribution is 4.73. The number of alkyl halides is 3. The second-order valence-corrected chi connectivity index (χ2v) is 4.09.